The molecule has 0 bridgehead atoms. The minimum atomic E-state index is -1.90. The molecule has 1 aromatic rings. The Morgan fingerprint density at radius 1 is 1.10 bits per heavy atom. The van der Waals surface area contributed by atoms with Crippen molar-refractivity contribution in [2.24, 2.45) is 0 Å². The van der Waals surface area contributed by atoms with Crippen molar-refractivity contribution in [2.75, 3.05) is 0 Å². The minimum Gasteiger partial charge on any atom is -0.406 e. The lowest BCUT2D eigenvalue weighted by Gasteiger charge is -2.44. The molecule has 1 unspecified atom stereocenters. The van der Waals surface area contributed by atoms with Gasteiger partial charge in [0.15, 0.2) is 8.32 Å². The van der Waals surface area contributed by atoms with E-state index in [9.17, 15) is 0 Å². The first-order chi connectivity index (χ1) is 9.03. The smallest absolute Gasteiger partial charge is 0.193 e. The molecule has 0 aliphatic carbocycles. The molecule has 0 radical (unpaired) electrons. The fraction of sp³-hybridized carbons (Fsp3) is 0.588. The fourth-order valence-electron chi connectivity index (χ4n) is 1.93. The molecule has 0 heterocycles. The van der Waals surface area contributed by atoms with Gasteiger partial charge in [0.05, 0.1) is 11.3 Å². The average molecular weight is 292 g/mol. The van der Waals surface area contributed by atoms with Gasteiger partial charge in [-0.05, 0) is 37.0 Å². The number of rotatable bonds is 5. The van der Waals surface area contributed by atoms with Crippen molar-refractivity contribution in [3.05, 3.63) is 35.9 Å². The van der Waals surface area contributed by atoms with Gasteiger partial charge in [-0.2, -0.15) is 0 Å². The SMILES string of the molecule is CCC(C)(O[Si](C)(C)C(C)(C)C)C(=N)c1ccccc1. The highest BCUT2D eigenvalue weighted by atomic mass is 28.4. The maximum atomic E-state index is 8.57. The first kappa shape index (κ1) is 17.1. The zero-order chi connectivity index (χ0) is 15.6. The predicted molar refractivity (Wildman–Crippen MR) is 90.2 cm³/mol. The molecule has 0 spiro atoms. The van der Waals surface area contributed by atoms with Crippen LogP contribution in [0.2, 0.25) is 18.1 Å². The van der Waals surface area contributed by atoms with Crippen LogP contribution in [0.3, 0.4) is 0 Å². The molecule has 0 saturated carbocycles. The molecular formula is C17H29NOSi. The van der Waals surface area contributed by atoms with E-state index in [2.05, 4.69) is 47.7 Å². The molecule has 112 valence electrons. The average Bonchev–Trinajstić information content (AvgIpc) is 2.37. The van der Waals surface area contributed by atoms with Crippen LogP contribution in [0.4, 0.5) is 0 Å². The van der Waals surface area contributed by atoms with Crippen LogP contribution in [0.15, 0.2) is 30.3 Å². The molecule has 1 N–H and O–H groups in total. The largest absolute Gasteiger partial charge is 0.406 e. The minimum absolute atomic E-state index is 0.153. The van der Waals surface area contributed by atoms with Gasteiger partial charge in [-0.25, -0.2) is 0 Å². The zero-order valence-corrected chi connectivity index (χ0v) is 15.0. The number of hydrogen-bond acceptors (Lipinski definition) is 2. The van der Waals surface area contributed by atoms with Crippen LogP contribution in [0.5, 0.6) is 0 Å². The van der Waals surface area contributed by atoms with Crippen LogP contribution in [-0.2, 0) is 4.43 Å². The van der Waals surface area contributed by atoms with E-state index in [4.69, 9.17) is 9.84 Å². The molecule has 0 aliphatic heterocycles. The highest BCUT2D eigenvalue weighted by Crippen LogP contribution is 2.40. The molecule has 0 aliphatic rings. The van der Waals surface area contributed by atoms with Crippen LogP contribution >= 0.6 is 0 Å². The summed E-state index contributed by atoms with van der Waals surface area (Å²) in [6, 6.07) is 9.92. The molecule has 0 amide bonds. The third kappa shape index (κ3) is 3.58. The van der Waals surface area contributed by atoms with Gasteiger partial charge in [0, 0.05) is 0 Å². The Balaban J connectivity index is 3.07. The van der Waals surface area contributed by atoms with Gasteiger partial charge in [-0.15, -0.1) is 0 Å². The second kappa shape index (κ2) is 5.82. The van der Waals surface area contributed by atoms with E-state index in [1.807, 2.05) is 30.3 Å². The normalized spacial score (nSPS) is 15.8. The second-order valence-electron chi connectivity index (χ2n) is 7.19. The third-order valence-electron chi connectivity index (χ3n) is 4.55. The lowest BCUT2D eigenvalue weighted by Crippen LogP contribution is -2.51. The van der Waals surface area contributed by atoms with E-state index in [1.165, 1.54) is 0 Å². The lowest BCUT2D eigenvalue weighted by atomic mass is 9.92. The van der Waals surface area contributed by atoms with Crippen LogP contribution in [0.25, 0.3) is 0 Å². The van der Waals surface area contributed by atoms with Crippen LogP contribution in [0.1, 0.15) is 46.6 Å². The summed E-state index contributed by atoms with van der Waals surface area (Å²) >= 11 is 0. The molecule has 3 heteroatoms. The van der Waals surface area contributed by atoms with Gasteiger partial charge in [0.1, 0.15) is 0 Å². The van der Waals surface area contributed by atoms with Crippen LogP contribution < -0.4 is 0 Å². The number of hydrogen-bond donors (Lipinski definition) is 1. The van der Waals surface area contributed by atoms with Crippen molar-refractivity contribution < 1.29 is 4.43 Å². The van der Waals surface area contributed by atoms with Crippen molar-refractivity contribution in [3.8, 4) is 0 Å². The van der Waals surface area contributed by atoms with Crippen molar-refractivity contribution >= 4 is 14.0 Å². The quantitative estimate of drug-likeness (QED) is 0.583. The molecule has 20 heavy (non-hydrogen) atoms. The first-order valence-corrected chi connectivity index (χ1v) is 10.3. The van der Waals surface area contributed by atoms with Crippen molar-refractivity contribution in [2.45, 2.75) is 64.8 Å². The summed E-state index contributed by atoms with van der Waals surface area (Å²) in [4.78, 5) is 0. The summed E-state index contributed by atoms with van der Waals surface area (Å²) in [6.45, 7) is 15.4. The Morgan fingerprint density at radius 3 is 2.00 bits per heavy atom. The Kier molecular flexibility index (Phi) is 4.98. The highest BCUT2D eigenvalue weighted by Gasteiger charge is 2.44. The van der Waals surface area contributed by atoms with Gasteiger partial charge in [-0.1, -0.05) is 58.0 Å². The maximum absolute atomic E-state index is 8.57. The van der Waals surface area contributed by atoms with E-state index in [0.717, 1.165) is 12.0 Å². The topological polar surface area (TPSA) is 33.1 Å². The van der Waals surface area contributed by atoms with E-state index in [1.54, 1.807) is 0 Å². The lowest BCUT2D eigenvalue weighted by molar-refractivity contribution is 0.137. The Bertz CT molecular complexity index is 462. The van der Waals surface area contributed by atoms with E-state index >= 15 is 0 Å². The Hall–Kier alpha value is -0.933. The fourth-order valence-corrected chi connectivity index (χ4v) is 3.61. The van der Waals surface area contributed by atoms with Crippen molar-refractivity contribution in [1.82, 2.24) is 0 Å². The summed E-state index contributed by atoms with van der Waals surface area (Å²) in [5, 5.41) is 8.72. The monoisotopic (exact) mass is 291 g/mol. The molecule has 1 atom stereocenters. The summed E-state index contributed by atoms with van der Waals surface area (Å²) in [7, 11) is -1.90. The van der Waals surface area contributed by atoms with Gasteiger partial charge in [-0.3, -0.25) is 0 Å². The van der Waals surface area contributed by atoms with Crippen molar-refractivity contribution in [3.63, 3.8) is 0 Å². The Morgan fingerprint density at radius 2 is 1.60 bits per heavy atom. The van der Waals surface area contributed by atoms with Gasteiger partial charge >= 0.3 is 0 Å². The molecule has 1 aromatic carbocycles. The summed E-state index contributed by atoms with van der Waals surface area (Å²) in [5.41, 5.74) is 1.03. The second-order valence-corrected chi connectivity index (χ2v) is 11.9. The maximum Gasteiger partial charge on any atom is 0.193 e. The van der Waals surface area contributed by atoms with E-state index in [-0.39, 0.29) is 5.04 Å². The van der Waals surface area contributed by atoms with Gasteiger partial charge in [0.2, 0.25) is 0 Å². The molecule has 0 fully saturated rings. The molecular weight excluding hydrogens is 262 g/mol. The molecule has 2 nitrogen and oxygen atoms in total. The highest BCUT2D eigenvalue weighted by molar-refractivity contribution is 6.74. The zero-order valence-electron chi connectivity index (χ0n) is 14.0. The first-order valence-electron chi connectivity index (χ1n) is 7.38. The van der Waals surface area contributed by atoms with Gasteiger partial charge in [0.25, 0.3) is 0 Å². The predicted octanol–water partition coefficient (Wildman–Crippen LogP) is 5.24. The van der Waals surface area contributed by atoms with Gasteiger partial charge < -0.3 is 9.84 Å². The van der Waals surface area contributed by atoms with Crippen LogP contribution in [-0.4, -0.2) is 19.6 Å². The summed E-state index contributed by atoms with van der Waals surface area (Å²) < 4.78 is 6.57. The standard InChI is InChI=1S/C17H29NOSi/c1-8-17(5,19-20(6,7)16(2,3)4)15(18)14-12-10-9-11-13-14/h9-13,18H,8H2,1-7H3. The third-order valence-corrected chi connectivity index (χ3v) is 9.13. The molecule has 0 saturated heterocycles. The Labute approximate surface area is 125 Å². The van der Waals surface area contributed by atoms with E-state index < -0.39 is 13.9 Å². The molecule has 0 aromatic heterocycles. The number of benzene rings is 1. The van der Waals surface area contributed by atoms with Crippen LogP contribution in [0, 0.1) is 5.41 Å². The molecule has 1 rings (SSSR count). The van der Waals surface area contributed by atoms with E-state index in [0.29, 0.717) is 5.71 Å². The van der Waals surface area contributed by atoms with Crippen molar-refractivity contribution in [1.29, 1.82) is 5.41 Å². The summed E-state index contributed by atoms with van der Waals surface area (Å²) in [6.07, 6.45) is 0.813. The number of nitrogens with one attached hydrogen (secondary N) is 1. The summed E-state index contributed by atoms with van der Waals surface area (Å²) in [5.74, 6) is 0.